The zero-order valence-corrected chi connectivity index (χ0v) is 17.4. The van der Waals surface area contributed by atoms with Crippen LogP contribution in [0.4, 0.5) is 0 Å². The van der Waals surface area contributed by atoms with Crippen LogP contribution in [0.5, 0.6) is 17.2 Å². The summed E-state index contributed by atoms with van der Waals surface area (Å²) >= 11 is 0. The van der Waals surface area contributed by atoms with Gasteiger partial charge < -0.3 is 24.4 Å². The topological polar surface area (TPSA) is 79.3 Å². The van der Waals surface area contributed by atoms with E-state index in [2.05, 4.69) is 0 Å². The number of benzene rings is 2. The monoisotopic (exact) mass is 412 g/mol. The number of nitrogens with zero attached hydrogens (tertiary/aromatic N) is 2. The molecule has 1 aliphatic rings. The molecule has 1 atom stereocenters. The van der Waals surface area contributed by atoms with Crippen molar-refractivity contribution in [3.8, 4) is 17.2 Å². The van der Waals surface area contributed by atoms with Crippen LogP contribution in [-0.4, -0.2) is 66.1 Å². The Bertz CT molecular complexity index is 851. The van der Waals surface area contributed by atoms with Crippen LogP contribution >= 0.6 is 0 Å². The Balaban J connectivity index is 1.52. The quantitative estimate of drug-likeness (QED) is 0.789. The predicted molar refractivity (Wildman–Crippen MR) is 113 cm³/mol. The van der Waals surface area contributed by atoms with E-state index in [1.807, 2.05) is 29.2 Å². The molecule has 0 spiro atoms. The molecule has 0 aromatic heterocycles. The van der Waals surface area contributed by atoms with Crippen LogP contribution in [0.1, 0.15) is 18.9 Å². The molecule has 160 valence electrons. The Morgan fingerprint density at radius 3 is 2.20 bits per heavy atom. The van der Waals surface area contributed by atoms with Gasteiger partial charge in [-0.25, -0.2) is 0 Å². The van der Waals surface area contributed by atoms with Crippen LogP contribution < -0.4 is 9.47 Å². The number of phenols is 1. The van der Waals surface area contributed by atoms with Gasteiger partial charge in [-0.15, -0.1) is 0 Å². The molecule has 7 nitrogen and oxygen atoms in total. The molecule has 3 rings (SSSR count). The number of carbonyl (C=O) groups is 2. The fourth-order valence-electron chi connectivity index (χ4n) is 3.45. The Hall–Kier alpha value is -3.22. The number of aromatic hydroxyl groups is 1. The summed E-state index contributed by atoms with van der Waals surface area (Å²) in [5.41, 5.74) is 0.939. The fourth-order valence-corrected chi connectivity index (χ4v) is 3.45. The number of phenolic OH excluding ortho intramolecular Hbond substituents is 1. The lowest BCUT2D eigenvalue weighted by Gasteiger charge is -2.25. The van der Waals surface area contributed by atoms with Gasteiger partial charge in [0.1, 0.15) is 17.2 Å². The molecule has 1 heterocycles. The minimum atomic E-state index is -0.643. The molecule has 1 unspecified atom stereocenters. The van der Waals surface area contributed by atoms with E-state index in [0.717, 1.165) is 17.7 Å². The molecule has 2 aromatic carbocycles. The number of rotatable bonds is 6. The summed E-state index contributed by atoms with van der Waals surface area (Å²) in [7, 11) is 1.61. The molecule has 1 aliphatic heterocycles. The third kappa shape index (κ3) is 5.65. The standard InChI is InChI=1S/C23H28N2O5/c1-17(30-21-10-6-19(26)7-11-21)23(28)25-13-3-12-24(14-15-25)22(27)16-18-4-8-20(29-2)9-5-18/h4-11,17,26H,3,12-16H2,1-2H3. The third-order valence-corrected chi connectivity index (χ3v) is 5.17. The van der Waals surface area contributed by atoms with Crippen molar-refractivity contribution in [2.75, 3.05) is 33.3 Å². The first-order chi connectivity index (χ1) is 14.5. The molecule has 1 N–H and O–H groups in total. The Morgan fingerprint density at radius 1 is 0.933 bits per heavy atom. The molecule has 0 radical (unpaired) electrons. The summed E-state index contributed by atoms with van der Waals surface area (Å²) in [4.78, 5) is 29.1. The van der Waals surface area contributed by atoms with Crippen molar-refractivity contribution >= 4 is 11.8 Å². The molecule has 1 saturated heterocycles. The van der Waals surface area contributed by atoms with Gasteiger partial charge in [0.05, 0.1) is 13.5 Å². The van der Waals surface area contributed by atoms with Crippen molar-refractivity contribution in [3.63, 3.8) is 0 Å². The van der Waals surface area contributed by atoms with Gasteiger partial charge in [0.25, 0.3) is 5.91 Å². The second-order valence-electron chi connectivity index (χ2n) is 7.34. The number of methoxy groups -OCH3 is 1. The molecule has 2 aromatic rings. The summed E-state index contributed by atoms with van der Waals surface area (Å²) in [6.07, 6.45) is 0.417. The van der Waals surface area contributed by atoms with Crippen LogP contribution in [0.2, 0.25) is 0 Å². The maximum Gasteiger partial charge on any atom is 0.263 e. The van der Waals surface area contributed by atoms with E-state index >= 15 is 0 Å². The van der Waals surface area contributed by atoms with Gasteiger partial charge in [0.15, 0.2) is 6.10 Å². The first kappa shape index (κ1) is 21.5. The van der Waals surface area contributed by atoms with E-state index in [1.54, 1.807) is 31.1 Å². The SMILES string of the molecule is COc1ccc(CC(=O)N2CCCN(C(=O)C(C)Oc3ccc(O)cc3)CC2)cc1. The summed E-state index contributed by atoms with van der Waals surface area (Å²) in [5, 5.41) is 9.35. The zero-order chi connectivity index (χ0) is 21.5. The zero-order valence-electron chi connectivity index (χ0n) is 17.4. The lowest BCUT2D eigenvalue weighted by atomic mass is 10.1. The lowest BCUT2D eigenvalue weighted by molar-refractivity contribution is -0.138. The number of hydrogen-bond acceptors (Lipinski definition) is 5. The van der Waals surface area contributed by atoms with E-state index in [4.69, 9.17) is 9.47 Å². The Labute approximate surface area is 176 Å². The van der Waals surface area contributed by atoms with Crippen molar-refractivity contribution < 1.29 is 24.2 Å². The molecule has 30 heavy (non-hydrogen) atoms. The number of amides is 2. The molecular formula is C23H28N2O5. The molecular weight excluding hydrogens is 384 g/mol. The number of ether oxygens (including phenoxy) is 2. The highest BCUT2D eigenvalue weighted by atomic mass is 16.5. The molecule has 7 heteroatoms. The largest absolute Gasteiger partial charge is 0.508 e. The van der Waals surface area contributed by atoms with Crippen LogP contribution in [0, 0.1) is 0 Å². The van der Waals surface area contributed by atoms with Gasteiger partial charge in [-0.1, -0.05) is 12.1 Å². The van der Waals surface area contributed by atoms with Crippen molar-refractivity contribution in [1.29, 1.82) is 0 Å². The fraction of sp³-hybridized carbons (Fsp3) is 0.391. The van der Waals surface area contributed by atoms with E-state index in [9.17, 15) is 14.7 Å². The average Bonchev–Trinajstić information content (AvgIpc) is 3.01. The molecule has 0 bridgehead atoms. The van der Waals surface area contributed by atoms with Gasteiger partial charge in [0.2, 0.25) is 5.91 Å². The van der Waals surface area contributed by atoms with Crippen molar-refractivity contribution in [1.82, 2.24) is 9.80 Å². The maximum absolute atomic E-state index is 12.8. The molecule has 0 aliphatic carbocycles. The summed E-state index contributed by atoms with van der Waals surface area (Å²) in [6, 6.07) is 13.8. The minimum absolute atomic E-state index is 0.0582. The number of hydrogen-bond donors (Lipinski definition) is 1. The first-order valence-corrected chi connectivity index (χ1v) is 10.1. The van der Waals surface area contributed by atoms with E-state index in [-0.39, 0.29) is 17.6 Å². The highest BCUT2D eigenvalue weighted by Crippen LogP contribution is 2.18. The van der Waals surface area contributed by atoms with Crippen LogP contribution in [0.15, 0.2) is 48.5 Å². The van der Waals surface area contributed by atoms with E-state index < -0.39 is 6.10 Å². The first-order valence-electron chi connectivity index (χ1n) is 10.1. The Kier molecular flexibility index (Phi) is 7.17. The molecule has 0 saturated carbocycles. The molecule has 2 amide bonds. The second kappa shape index (κ2) is 10.0. The van der Waals surface area contributed by atoms with Gasteiger partial charge >= 0.3 is 0 Å². The maximum atomic E-state index is 12.8. The lowest BCUT2D eigenvalue weighted by Crippen LogP contribution is -2.43. The smallest absolute Gasteiger partial charge is 0.263 e. The Morgan fingerprint density at radius 2 is 1.53 bits per heavy atom. The van der Waals surface area contributed by atoms with Crippen molar-refractivity contribution in [2.24, 2.45) is 0 Å². The van der Waals surface area contributed by atoms with Gasteiger partial charge in [-0.05, 0) is 55.3 Å². The second-order valence-corrected chi connectivity index (χ2v) is 7.34. The summed E-state index contributed by atoms with van der Waals surface area (Å²) < 4.78 is 10.9. The average molecular weight is 412 g/mol. The summed E-state index contributed by atoms with van der Waals surface area (Å²) in [5.74, 6) is 1.39. The van der Waals surface area contributed by atoms with Crippen LogP contribution in [0.3, 0.4) is 0 Å². The third-order valence-electron chi connectivity index (χ3n) is 5.17. The normalized spacial score (nSPS) is 15.3. The van der Waals surface area contributed by atoms with E-state index in [1.165, 1.54) is 12.1 Å². The van der Waals surface area contributed by atoms with Gasteiger partial charge in [-0.3, -0.25) is 9.59 Å². The predicted octanol–water partition coefficient (Wildman–Crippen LogP) is 2.47. The van der Waals surface area contributed by atoms with Gasteiger partial charge in [0, 0.05) is 26.2 Å². The van der Waals surface area contributed by atoms with Crippen molar-refractivity contribution in [2.45, 2.75) is 25.9 Å². The van der Waals surface area contributed by atoms with Crippen LogP contribution in [-0.2, 0) is 16.0 Å². The van der Waals surface area contributed by atoms with Crippen LogP contribution in [0.25, 0.3) is 0 Å². The highest BCUT2D eigenvalue weighted by molar-refractivity contribution is 5.81. The van der Waals surface area contributed by atoms with Gasteiger partial charge in [-0.2, -0.15) is 0 Å². The summed E-state index contributed by atoms with van der Waals surface area (Å²) in [6.45, 7) is 3.93. The molecule has 1 fully saturated rings. The van der Waals surface area contributed by atoms with E-state index in [0.29, 0.717) is 38.3 Å². The minimum Gasteiger partial charge on any atom is -0.508 e. The van der Waals surface area contributed by atoms with Crippen molar-refractivity contribution in [3.05, 3.63) is 54.1 Å². The number of carbonyl (C=O) groups excluding carboxylic acids is 2. The highest BCUT2D eigenvalue weighted by Gasteiger charge is 2.26.